The van der Waals surface area contributed by atoms with Gasteiger partial charge in [0.15, 0.2) is 0 Å². The summed E-state index contributed by atoms with van der Waals surface area (Å²) in [6.07, 6.45) is 2.56. The summed E-state index contributed by atoms with van der Waals surface area (Å²) in [4.78, 5) is 27.8. The molecule has 1 aromatic heterocycles. The van der Waals surface area contributed by atoms with Gasteiger partial charge in [-0.1, -0.05) is 49.7 Å². The van der Waals surface area contributed by atoms with Crippen molar-refractivity contribution in [3.63, 3.8) is 0 Å². The van der Waals surface area contributed by atoms with Crippen molar-refractivity contribution in [1.82, 2.24) is 10.0 Å². The molecule has 0 spiro atoms. The molecule has 0 fully saturated rings. The number of hydrogen-bond donors (Lipinski definition) is 2. The van der Waals surface area contributed by atoms with Gasteiger partial charge in [0.25, 0.3) is 0 Å². The number of nitrogens with zero attached hydrogens (tertiary/aromatic N) is 1. The van der Waals surface area contributed by atoms with Crippen LogP contribution in [0.3, 0.4) is 0 Å². The van der Waals surface area contributed by atoms with Crippen LogP contribution in [0.5, 0.6) is 0 Å². The zero-order chi connectivity index (χ0) is 23.7. The van der Waals surface area contributed by atoms with Gasteiger partial charge in [0.05, 0.1) is 24.2 Å². The van der Waals surface area contributed by atoms with Crippen molar-refractivity contribution in [2.24, 2.45) is 0 Å². The summed E-state index contributed by atoms with van der Waals surface area (Å²) in [7, 11) is -3.88. The fourth-order valence-electron chi connectivity index (χ4n) is 3.37. The molecule has 3 rings (SSSR count). The van der Waals surface area contributed by atoms with E-state index in [1.807, 2.05) is 6.92 Å². The molecule has 0 unspecified atom stereocenters. The first-order valence-corrected chi connectivity index (χ1v) is 12.1. The summed E-state index contributed by atoms with van der Waals surface area (Å²) in [5.41, 5.74) is 0.507. The average Bonchev–Trinajstić information content (AvgIpc) is 3.36. The van der Waals surface area contributed by atoms with Crippen molar-refractivity contribution in [2.75, 3.05) is 11.4 Å². The molecule has 9 heteroatoms. The SMILES string of the molecule is CCC[C@H](C(=O)NCc1ccco1)N(C(=O)CNS(=O)(=O)c1ccccc1)c1ccccc1. The Bertz CT molecular complexity index is 1130. The molecule has 0 aliphatic rings. The standard InChI is InChI=1S/C24H27N3O5S/c1-2-10-22(24(29)25-17-20-13-9-16-32-20)27(19-11-5-3-6-12-19)23(28)18-26-33(30,31)21-14-7-4-8-15-21/h3-9,11-16,22,26H,2,10,17-18H2,1H3,(H,25,29)/t22-/m1/s1. The van der Waals surface area contributed by atoms with Crippen LogP contribution in [0.15, 0.2) is 88.4 Å². The molecule has 0 aliphatic carbocycles. The van der Waals surface area contributed by atoms with E-state index in [9.17, 15) is 18.0 Å². The number of benzene rings is 2. The molecule has 1 atom stereocenters. The highest BCUT2D eigenvalue weighted by Crippen LogP contribution is 2.20. The van der Waals surface area contributed by atoms with Crippen LogP contribution in [-0.4, -0.2) is 32.8 Å². The van der Waals surface area contributed by atoms with Crippen LogP contribution in [0, 0.1) is 0 Å². The molecule has 0 aliphatic heterocycles. The lowest BCUT2D eigenvalue weighted by Gasteiger charge is -2.31. The summed E-state index contributed by atoms with van der Waals surface area (Å²) >= 11 is 0. The van der Waals surface area contributed by atoms with Gasteiger partial charge >= 0.3 is 0 Å². The summed E-state index contributed by atoms with van der Waals surface area (Å²) in [5.74, 6) is -0.296. The monoisotopic (exact) mass is 469 g/mol. The molecule has 33 heavy (non-hydrogen) atoms. The van der Waals surface area contributed by atoms with Gasteiger partial charge in [-0.3, -0.25) is 14.5 Å². The Kier molecular flexibility index (Phi) is 8.39. The molecule has 2 aromatic carbocycles. The second-order valence-electron chi connectivity index (χ2n) is 7.34. The number of anilines is 1. The Morgan fingerprint density at radius 1 is 0.970 bits per heavy atom. The minimum Gasteiger partial charge on any atom is -0.467 e. The Morgan fingerprint density at radius 3 is 2.24 bits per heavy atom. The highest BCUT2D eigenvalue weighted by atomic mass is 32.2. The Morgan fingerprint density at radius 2 is 1.64 bits per heavy atom. The third-order valence-corrected chi connectivity index (χ3v) is 6.38. The molecule has 0 bridgehead atoms. The van der Waals surface area contributed by atoms with Crippen molar-refractivity contribution in [3.05, 3.63) is 84.8 Å². The van der Waals surface area contributed by atoms with Gasteiger partial charge in [-0.05, 0) is 42.8 Å². The highest BCUT2D eigenvalue weighted by molar-refractivity contribution is 7.89. The van der Waals surface area contributed by atoms with E-state index in [4.69, 9.17) is 4.42 Å². The number of furan rings is 1. The zero-order valence-electron chi connectivity index (χ0n) is 18.3. The lowest BCUT2D eigenvalue weighted by Crippen LogP contribution is -2.52. The van der Waals surface area contributed by atoms with Crippen molar-refractivity contribution < 1.29 is 22.4 Å². The third kappa shape index (κ3) is 6.53. The van der Waals surface area contributed by atoms with Crippen molar-refractivity contribution in [3.8, 4) is 0 Å². The molecule has 2 amide bonds. The number of carbonyl (C=O) groups is 2. The maximum absolute atomic E-state index is 13.3. The summed E-state index contributed by atoms with van der Waals surface area (Å²) in [5, 5.41) is 2.81. The topological polar surface area (TPSA) is 109 Å². The van der Waals surface area contributed by atoms with E-state index < -0.39 is 28.5 Å². The molecule has 0 saturated carbocycles. The maximum Gasteiger partial charge on any atom is 0.243 e. The van der Waals surface area contributed by atoms with Crippen molar-refractivity contribution in [2.45, 2.75) is 37.2 Å². The van der Waals surface area contributed by atoms with Crippen LogP contribution in [0.25, 0.3) is 0 Å². The van der Waals surface area contributed by atoms with Crippen LogP contribution in [0.1, 0.15) is 25.5 Å². The first-order chi connectivity index (χ1) is 15.9. The molecule has 2 N–H and O–H groups in total. The molecule has 0 radical (unpaired) electrons. The minimum absolute atomic E-state index is 0.0605. The zero-order valence-corrected chi connectivity index (χ0v) is 19.1. The number of rotatable bonds is 11. The largest absolute Gasteiger partial charge is 0.467 e. The first-order valence-electron chi connectivity index (χ1n) is 10.6. The van der Waals surface area contributed by atoms with Crippen LogP contribution in [-0.2, 0) is 26.2 Å². The summed E-state index contributed by atoms with van der Waals surface area (Å²) in [6, 6.07) is 19.2. The van der Waals surface area contributed by atoms with Gasteiger partial charge in [-0.15, -0.1) is 0 Å². The Balaban J connectivity index is 1.81. The van der Waals surface area contributed by atoms with Gasteiger partial charge < -0.3 is 9.73 Å². The van der Waals surface area contributed by atoms with E-state index in [-0.39, 0.29) is 17.3 Å². The van der Waals surface area contributed by atoms with E-state index in [2.05, 4.69) is 10.0 Å². The van der Waals surface area contributed by atoms with Gasteiger partial charge in [0.1, 0.15) is 11.8 Å². The summed E-state index contributed by atoms with van der Waals surface area (Å²) in [6.45, 7) is 1.61. The Labute approximate surface area is 193 Å². The number of sulfonamides is 1. The molecule has 174 valence electrons. The fourth-order valence-corrected chi connectivity index (χ4v) is 4.36. The normalized spacial score (nSPS) is 12.2. The number of amides is 2. The Hall–Kier alpha value is -3.43. The van der Waals surface area contributed by atoms with Crippen molar-refractivity contribution in [1.29, 1.82) is 0 Å². The van der Waals surface area contributed by atoms with Crippen LogP contribution in [0.4, 0.5) is 5.69 Å². The predicted molar refractivity (Wildman–Crippen MR) is 125 cm³/mol. The fraction of sp³-hybridized carbons (Fsp3) is 0.250. The van der Waals surface area contributed by atoms with E-state index in [0.29, 0.717) is 24.3 Å². The second kappa shape index (κ2) is 11.4. The number of hydrogen-bond acceptors (Lipinski definition) is 5. The van der Waals surface area contributed by atoms with Gasteiger partial charge in [0.2, 0.25) is 21.8 Å². The molecular formula is C24H27N3O5S. The molecule has 0 saturated heterocycles. The first kappa shape index (κ1) is 24.2. The number of carbonyl (C=O) groups excluding carboxylic acids is 2. The average molecular weight is 470 g/mol. The smallest absolute Gasteiger partial charge is 0.243 e. The van der Waals surface area contributed by atoms with Crippen LogP contribution >= 0.6 is 0 Å². The van der Waals surface area contributed by atoms with Gasteiger partial charge in [-0.2, -0.15) is 0 Å². The quantitative estimate of drug-likeness (QED) is 0.449. The highest BCUT2D eigenvalue weighted by Gasteiger charge is 2.31. The van der Waals surface area contributed by atoms with E-state index in [0.717, 1.165) is 0 Å². The summed E-state index contributed by atoms with van der Waals surface area (Å²) < 4.78 is 32.8. The third-order valence-electron chi connectivity index (χ3n) is 4.96. The second-order valence-corrected chi connectivity index (χ2v) is 9.11. The lowest BCUT2D eigenvalue weighted by molar-refractivity contribution is -0.126. The number of nitrogens with one attached hydrogen (secondary N) is 2. The van der Waals surface area contributed by atoms with Crippen LogP contribution in [0.2, 0.25) is 0 Å². The maximum atomic E-state index is 13.3. The predicted octanol–water partition coefficient (Wildman–Crippen LogP) is 3.08. The van der Waals surface area contributed by atoms with E-state index >= 15 is 0 Å². The molecule has 8 nitrogen and oxygen atoms in total. The molecular weight excluding hydrogens is 442 g/mol. The minimum atomic E-state index is -3.88. The van der Waals surface area contributed by atoms with E-state index in [1.165, 1.54) is 23.3 Å². The van der Waals surface area contributed by atoms with Crippen LogP contribution < -0.4 is 14.9 Å². The van der Waals surface area contributed by atoms with E-state index in [1.54, 1.807) is 60.7 Å². The van der Waals surface area contributed by atoms with Gasteiger partial charge in [0, 0.05) is 5.69 Å². The molecule has 3 aromatic rings. The number of para-hydroxylation sites is 1. The van der Waals surface area contributed by atoms with Crippen molar-refractivity contribution >= 4 is 27.5 Å². The molecule has 1 heterocycles. The lowest BCUT2D eigenvalue weighted by atomic mass is 10.1. The van der Waals surface area contributed by atoms with Gasteiger partial charge in [-0.25, -0.2) is 13.1 Å².